The summed E-state index contributed by atoms with van der Waals surface area (Å²) in [6.45, 7) is 8.95. The molecule has 0 spiro atoms. The quantitative estimate of drug-likeness (QED) is 0.109. The van der Waals surface area contributed by atoms with Crippen molar-refractivity contribution < 1.29 is 45.8 Å². The molecule has 0 fully saturated rings. The molecule has 0 heterocycles. The van der Waals surface area contributed by atoms with Crippen molar-refractivity contribution in [3.8, 4) is 0 Å². The van der Waals surface area contributed by atoms with Gasteiger partial charge in [-0.3, -0.25) is 4.18 Å². The molecule has 1 rings (SSSR count). The first-order chi connectivity index (χ1) is 16.0. The summed E-state index contributed by atoms with van der Waals surface area (Å²) >= 11 is 0. The van der Waals surface area contributed by atoms with Crippen LogP contribution < -0.4 is 0 Å². The Balaban J connectivity index is 1.81. The van der Waals surface area contributed by atoms with E-state index in [-0.39, 0.29) is 24.7 Å². The predicted molar refractivity (Wildman–Crippen MR) is 120 cm³/mol. The van der Waals surface area contributed by atoms with Crippen LogP contribution in [0.4, 0.5) is 0 Å². The Morgan fingerprint density at radius 3 is 1.55 bits per heavy atom. The number of carbonyl (C=O) groups is 1. The number of hydrogen-bond acceptors (Lipinski definition) is 10. The van der Waals surface area contributed by atoms with E-state index in [0.29, 0.717) is 59.5 Å². The summed E-state index contributed by atoms with van der Waals surface area (Å²) in [6.07, 6.45) is 1.10. The van der Waals surface area contributed by atoms with Gasteiger partial charge in [0.25, 0.3) is 10.1 Å². The topological polar surface area (TPSA) is 116 Å². The van der Waals surface area contributed by atoms with Crippen molar-refractivity contribution in [2.24, 2.45) is 0 Å². The Hall–Kier alpha value is -1.86. The van der Waals surface area contributed by atoms with Gasteiger partial charge in [-0.1, -0.05) is 24.3 Å². The van der Waals surface area contributed by atoms with E-state index in [1.54, 1.807) is 12.1 Å². The van der Waals surface area contributed by atoms with Gasteiger partial charge in [0.1, 0.15) is 6.61 Å². The molecule has 0 N–H and O–H groups in total. The van der Waals surface area contributed by atoms with E-state index < -0.39 is 16.1 Å². The zero-order chi connectivity index (χ0) is 24.2. The molecule has 0 aromatic heterocycles. The van der Waals surface area contributed by atoms with Crippen molar-refractivity contribution in [2.75, 3.05) is 79.3 Å². The zero-order valence-electron chi connectivity index (χ0n) is 19.1. The molecule has 188 valence electrons. The van der Waals surface area contributed by atoms with E-state index in [4.69, 9.17) is 32.6 Å². The molecular weight excluding hydrogens is 456 g/mol. The third-order valence-corrected chi connectivity index (χ3v) is 5.23. The number of hydrogen-bond donors (Lipinski definition) is 0. The van der Waals surface area contributed by atoms with Crippen LogP contribution in [0.1, 0.15) is 5.56 Å². The third-order valence-electron chi connectivity index (χ3n) is 3.90. The maximum absolute atomic E-state index is 12.0. The molecular formula is C22H34O10S. The highest BCUT2D eigenvalue weighted by molar-refractivity contribution is 7.86. The molecule has 0 bridgehead atoms. The Morgan fingerprint density at radius 1 is 0.727 bits per heavy atom. The van der Waals surface area contributed by atoms with Crippen LogP contribution in [0.2, 0.25) is 0 Å². The van der Waals surface area contributed by atoms with Crippen LogP contribution in [0.3, 0.4) is 0 Å². The van der Waals surface area contributed by atoms with Gasteiger partial charge in [0, 0.05) is 6.08 Å². The average molecular weight is 491 g/mol. The first-order valence-electron chi connectivity index (χ1n) is 10.6. The molecule has 11 heteroatoms. The second kappa shape index (κ2) is 18.6. The maximum Gasteiger partial charge on any atom is 0.330 e. The third kappa shape index (κ3) is 15.6. The molecule has 1 aromatic carbocycles. The molecule has 0 saturated carbocycles. The lowest BCUT2D eigenvalue weighted by molar-refractivity contribution is -0.139. The Bertz CT molecular complexity index is 749. The van der Waals surface area contributed by atoms with Crippen molar-refractivity contribution in [3.05, 3.63) is 42.5 Å². The molecule has 0 aliphatic rings. The Labute approximate surface area is 195 Å². The van der Waals surface area contributed by atoms with Gasteiger partial charge in [-0.25, -0.2) is 4.79 Å². The normalized spacial score (nSPS) is 11.4. The van der Waals surface area contributed by atoms with Crippen molar-refractivity contribution in [2.45, 2.75) is 11.8 Å². The maximum atomic E-state index is 12.0. The zero-order valence-corrected chi connectivity index (χ0v) is 19.9. The van der Waals surface area contributed by atoms with Crippen LogP contribution >= 0.6 is 0 Å². The molecule has 0 aliphatic heterocycles. The van der Waals surface area contributed by atoms with E-state index in [9.17, 15) is 13.2 Å². The first kappa shape index (κ1) is 29.2. The van der Waals surface area contributed by atoms with Crippen LogP contribution in [0.5, 0.6) is 0 Å². The van der Waals surface area contributed by atoms with E-state index in [1.807, 2.05) is 6.92 Å². The Morgan fingerprint density at radius 2 is 1.12 bits per heavy atom. The van der Waals surface area contributed by atoms with E-state index in [2.05, 4.69) is 6.58 Å². The molecule has 1 aromatic rings. The van der Waals surface area contributed by atoms with E-state index >= 15 is 0 Å². The van der Waals surface area contributed by atoms with Gasteiger partial charge in [0.15, 0.2) is 0 Å². The highest BCUT2D eigenvalue weighted by Crippen LogP contribution is 2.12. The standard InChI is InChI=1S/C22H34O10S/c1-3-22(23)31-18-16-29-14-12-27-10-8-26-9-11-28-13-15-30-17-19-32-33(24,25)21-6-4-20(2)5-7-21/h3-7H,1,8-19H2,2H3. The van der Waals surface area contributed by atoms with Gasteiger partial charge >= 0.3 is 5.97 Å². The fraction of sp³-hybridized carbons (Fsp3) is 0.591. The van der Waals surface area contributed by atoms with Crippen LogP contribution in [0.25, 0.3) is 0 Å². The summed E-state index contributed by atoms with van der Waals surface area (Å²) in [6, 6.07) is 6.45. The lowest BCUT2D eigenvalue weighted by Gasteiger charge is -2.08. The summed E-state index contributed by atoms with van der Waals surface area (Å²) < 4.78 is 60.3. The van der Waals surface area contributed by atoms with Crippen molar-refractivity contribution in [3.63, 3.8) is 0 Å². The summed E-state index contributed by atoms with van der Waals surface area (Å²) in [5.41, 5.74) is 0.972. The van der Waals surface area contributed by atoms with Crippen LogP contribution in [0.15, 0.2) is 41.8 Å². The lowest BCUT2D eigenvalue weighted by atomic mass is 10.2. The minimum Gasteiger partial charge on any atom is -0.460 e. The number of carbonyl (C=O) groups excluding carboxylic acids is 1. The molecule has 10 nitrogen and oxygen atoms in total. The first-order valence-corrected chi connectivity index (χ1v) is 12.0. The molecule has 0 saturated heterocycles. The number of esters is 1. The summed E-state index contributed by atoms with van der Waals surface area (Å²) in [7, 11) is -3.77. The fourth-order valence-corrected chi connectivity index (χ4v) is 3.11. The molecule has 0 aliphatic carbocycles. The van der Waals surface area contributed by atoms with Gasteiger partial charge in [0.2, 0.25) is 0 Å². The minimum absolute atomic E-state index is 0.0624. The number of benzene rings is 1. The summed E-state index contributed by atoms with van der Waals surface area (Å²) in [5.74, 6) is -0.472. The van der Waals surface area contributed by atoms with E-state index in [1.165, 1.54) is 12.1 Å². The summed E-state index contributed by atoms with van der Waals surface area (Å²) in [5, 5.41) is 0. The van der Waals surface area contributed by atoms with Crippen molar-refractivity contribution in [1.82, 2.24) is 0 Å². The summed E-state index contributed by atoms with van der Waals surface area (Å²) in [4.78, 5) is 10.9. The number of rotatable bonds is 21. The predicted octanol–water partition coefficient (Wildman–Crippen LogP) is 1.51. The number of aryl methyl sites for hydroxylation is 1. The van der Waals surface area contributed by atoms with E-state index in [0.717, 1.165) is 11.6 Å². The number of ether oxygens (including phenoxy) is 6. The van der Waals surface area contributed by atoms with Gasteiger partial charge < -0.3 is 28.4 Å². The molecule has 0 amide bonds. The smallest absolute Gasteiger partial charge is 0.330 e. The monoisotopic (exact) mass is 490 g/mol. The van der Waals surface area contributed by atoms with Crippen molar-refractivity contribution in [1.29, 1.82) is 0 Å². The molecule has 0 radical (unpaired) electrons. The van der Waals surface area contributed by atoms with Gasteiger partial charge in [0.05, 0.1) is 77.6 Å². The minimum atomic E-state index is -3.77. The van der Waals surface area contributed by atoms with Crippen molar-refractivity contribution >= 4 is 16.1 Å². The van der Waals surface area contributed by atoms with Gasteiger partial charge in [-0.2, -0.15) is 8.42 Å². The van der Waals surface area contributed by atoms with Crippen LogP contribution in [-0.2, 0) is 47.5 Å². The van der Waals surface area contributed by atoms with Crippen LogP contribution in [0, 0.1) is 6.92 Å². The molecule has 0 atom stereocenters. The second-order valence-electron chi connectivity index (χ2n) is 6.52. The van der Waals surface area contributed by atoms with Crippen LogP contribution in [-0.4, -0.2) is 93.7 Å². The average Bonchev–Trinajstić information content (AvgIpc) is 2.80. The highest BCUT2D eigenvalue weighted by Gasteiger charge is 2.14. The largest absolute Gasteiger partial charge is 0.460 e. The second-order valence-corrected chi connectivity index (χ2v) is 8.14. The molecule has 0 unspecified atom stereocenters. The SMILES string of the molecule is C=CC(=O)OCCOCCOCCOCCOCCOCCOS(=O)(=O)c1ccc(C)cc1. The Kier molecular flexibility index (Phi) is 16.4. The van der Waals surface area contributed by atoms with Gasteiger partial charge in [-0.05, 0) is 19.1 Å². The van der Waals surface area contributed by atoms with Gasteiger partial charge in [-0.15, -0.1) is 0 Å². The fourth-order valence-electron chi connectivity index (χ4n) is 2.22. The highest BCUT2D eigenvalue weighted by atomic mass is 32.2. The molecule has 33 heavy (non-hydrogen) atoms. The lowest BCUT2D eigenvalue weighted by Crippen LogP contribution is -2.15.